The number of nitrogens with one attached hydrogen (secondary N) is 1. The standard InChI is InChI=1S/C11H15N3O6/c1-13-9(16)2-4-14(11(13)19)6-8(15)12-3-5-20-7-10(17)18/h2,4H,3,5-7H2,1H3,(H,12,15)(H,17,18). The fourth-order valence-electron chi connectivity index (χ4n) is 1.37. The number of hydrogen-bond acceptors (Lipinski definition) is 5. The van der Waals surface area contributed by atoms with Crippen LogP contribution in [-0.2, 0) is 27.9 Å². The SMILES string of the molecule is Cn1c(=O)ccn(CC(=O)NCCOCC(=O)O)c1=O. The molecule has 0 aromatic carbocycles. The summed E-state index contributed by atoms with van der Waals surface area (Å²) < 4.78 is 6.71. The van der Waals surface area contributed by atoms with E-state index in [0.717, 1.165) is 9.13 Å². The second-order valence-corrected chi connectivity index (χ2v) is 3.92. The number of aromatic nitrogens is 2. The molecule has 1 heterocycles. The number of carboxylic acids is 1. The van der Waals surface area contributed by atoms with Crippen LogP contribution in [0.5, 0.6) is 0 Å². The van der Waals surface area contributed by atoms with Crippen LogP contribution in [0.1, 0.15) is 0 Å². The largest absolute Gasteiger partial charge is 0.480 e. The van der Waals surface area contributed by atoms with Crippen LogP contribution >= 0.6 is 0 Å². The predicted molar refractivity (Wildman–Crippen MR) is 67.4 cm³/mol. The molecule has 0 saturated carbocycles. The maximum atomic E-state index is 11.6. The van der Waals surface area contributed by atoms with Crippen molar-refractivity contribution in [1.29, 1.82) is 0 Å². The zero-order valence-corrected chi connectivity index (χ0v) is 10.9. The molecule has 0 aliphatic rings. The molecule has 0 radical (unpaired) electrons. The van der Waals surface area contributed by atoms with Crippen molar-refractivity contribution in [3.05, 3.63) is 33.1 Å². The summed E-state index contributed by atoms with van der Waals surface area (Å²) in [5.41, 5.74) is -1.04. The van der Waals surface area contributed by atoms with Gasteiger partial charge in [-0.1, -0.05) is 0 Å². The third-order valence-corrected chi connectivity index (χ3v) is 2.37. The Bertz CT molecular complexity index is 603. The Labute approximate surface area is 113 Å². The van der Waals surface area contributed by atoms with Crippen molar-refractivity contribution < 1.29 is 19.4 Å². The summed E-state index contributed by atoms with van der Waals surface area (Å²) in [6, 6.07) is 1.19. The molecule has 0 unspecified atom stereocenters. The van der Waals surface area contributed by atoms with Gasteiger partial charge in [-0.3, -0.25) is 18.7 Å². The van der Waals surface area contributed by atoms with Crippen molar-refractivity contribution in [3.63, 3.8) is 0 Å². The lowest BCUT2D eigenvalue weighted by Crippen LogP contribution is -2.40. The highest BCUT2D eigenvalue weighted by Gasteiger charge is 2.06. The first-order valence-electron chi connectivity index (χ1n) is 5.74. The number of hydrogen-bond donors (Lipinski definition) is 2. The Morgan fingerprint density at radius 3 is 2.75 bits per heavy atom. The van der Waals surface area contributed by atoms with Crippen molar-refractivity contribution in [1.82, 2.24) is 14.5 Å². The fourth-order valence-corrected chi connectivity index (χ4v) is 1.37. The number of nitrogens with zero attached hydrogens (tertiary/aromatic N) is 2. The summed E-state index contributed by atoms with van der Waals surface area (Å²) in [4.78, 5) is 44.5. The normalized spacial score (nSPS) is 10.2. The third-order valence-electron chi connectivity index (χ3n) is 2.37. The van der Waals surface area contributed by atoms with Gasteiger partial charge < -0.3 is 15.2 Å². The lowest BCUT2D eigenvalue weighted by atomic mass is 10.5. The van der Waals surface area contributed by atoms with Crippen LogP contribution in [0.3, 0.4) is 0 Å². The van der Waals surface area contributed by atoms with Crippen LogP contribution in [0.4, 0.5) is 0 Å². The number of carboxylic acid groups (broad SMARTS) is 1. The summed E-state index contributed by atoms with van der Waals surface area (Å²) in [5, 5.41) is 10.8. The van der Waals surface area contributed by atoms with Gasteiger partial charge >= 0.3 is 11.7 Å². The molecule has 0 atom stereocenters. The van der Waals surface area contributed by atoms with Crippen molar-refractivity contribution in [2.75, 3.05) is 19.8 Å². The van der Waals surface area contributed by atoms with Crippen molar-refractivity contribution in [2.24, 2.45) is 7.05 Å². The highest BCUT2D eigenvalue weighted by Crippen LogP contribution is 1.80. The predicted octanol–water partition coefficient (Wildman–Crippen LogP) is -2.24. The Balaban J connectivity index is 2.44. The summed E-state index contributed by atoms with van der Waals surface area (Å²) >= 11 is 0. The number of rotatable bonds is 7. The van der Waals surface area contributed by atoms with E-state index in [9.17, 15) is 19.2 Å². The molecule has 0 aliphatic carbocycles. The number of carbonyl (C=O) groups is 2. The third kappa shape index (κ3) is 4.69. The van der Waals surface area contributed by atoms with Gasteiger partial charge in [-0.25, -0.2) is 9.59 Å². The Morgan fingerprint density at radius 1 is 1.40 bits per heavy atom. The molecule has 1 rings (SSSR count). The molecule has 110 valence electrons. The quantitative estimate of drug-likeness (QED) is 0.547. The molecule has 20 heavy (non-hydrogen) atoms. The van der Waals surface area contributed by atoms with E-state index in [1.165, 1.54) is 19.3 Å². The molecule has 0 bridgehead atoms. The van der Waals surface area contributed by atoms with Crippen LogP contribution in [0.15, 0.2) is 21.9 Å². The first kappa shape index (κ1) is 15.6. The second-order valence-electron chi connectivity index (χ2n) is 3.92. The second kappa shape index (κ2) is 7.24. The first-order valence-corrected chi connectivity index (χ1v) is 5.74. The van der Waals surface area contributed by atoms with Gasteiger partial charge in [-0.15, -0.1) is 0 Å². The van der Waals surface area contributed by atoms with E-state index in [1.807, 2.05) is 0 Å². The molecule has 9 nitrogen and oxygen atoms in total. The molecule has 0 aliphatic heterocycles. The molecular weight excluding hydrogens is 270 g/mol. The average Bonchev–Trinajstić information content (AvgIpc) is 2.39. The Hall–Kier alpha value is -2.42. The van der Waals surface area contributed by atoms with Crippen molar-refractivity contribution in [2.45, 2.75) is 6.54 Å². The fraction of sp³-hybridized carbons (Fsp3) is 0.455. The molecule has 2 N–H and O–H groups in total. The van der Waals surface area contributed by atoms with Gasteiger partial charge in [-0.05, 0) is 0 Å². The Kier molecular flexibility index (Phi) is 5.66. The van der Waals surface area contributed by atoms with Gasteiger partial charge in [0, 0.05) is 25.9 Å². The number of carbonyl (C=O) groups excluding carboxylic acids is 1. The molecule has 1 aromatic rings. The van der Waals surface area contributed by atoms with E-state index >= 15 is 0 Å². The molecule has 1 amide bonds. The van der Waals surface area contributed by atoms with E-state index in [0.29, 0.717) is 0 Å². The van der Waals surface area contributed by atoms with E-state index < -0.39 is 29.7 Å². The zero-order valence-electron chi connectivity index (χ0n) is 10.9. The van der Waals surface area contributed by atoms with E-state index in [2.05, 4.69) is 5.32 Å². The maximum absolute atomic E-state index is 11.6. The summed E-state index contributed by atoms with van der Waals surface area (Å²) in [6.07, 6.45) is 1.24. The van der Waals surface area contributed by atoms with E-state index in [-0.39, 0.29) is 19.7 Å². The summed E-state index contributed by atoms with van der Waals surface area (Å²) in [7, 11) is 1.32. The molecule has 0 spiro atoms. The minimum Gasteiger partial charge on any atom is -0.480 e. The zero-order chi connectivity index (χ0) is 15.1. The van der Waals surface area contributed by atoms with E-state index in [4.69, 9.17) is 9.84 Å². The van der Waals surface area contributed by atoms with Crippen LogP contribution < -0.4 is 16.6 Å². The van der Waals surface area contributed by atoms with Crippen molar-refractivity contribution in [3.8, 4) is 0 Å². The summed E-state index contributed by atoms with van der Waals surface area (Å²) in [6.45, 7) is -0.477. The molecule has 9 heteroatoms. The first-order chi connectivity index (χ1) is 9.41. The van der Waals surface area contributed by atoms with Gasteiger partial charge in [0.15, 0.2) is 0 Å². The highest BCUT2D eigenvalue weighted by atomic mass is 16.5. The molecular formula is C11H15N3O6. The molecule has 1 aromatic heterocycles. The van der Waals surface area contributed by atoms with Crippen molar-refractivity contribution >= 4 is 11.9 Å². The minimum absolute atomic E-state index is 0.0558. The Morgan fingerprint density at radius 2 is 2.10 bits per heavy atom. The lowest BCUT2D eigenvalue weighted by molar-refractivity contribution is -0.142. The van der Waals surface area contributed by atoms with Crippen LogP contribution in [0, 0.1) is 0 Å². The molecule has 0 fully saturated rings. The van der Waals surface area contributed by atoms with Crippen LogP contribution in [0.25, 0.3) is 0 Å². The van der Waals surface area contributed by atoms with Gasteiger partial charge in [0.1, 0.15) is 13.2 Å². The van der Waals surface area contributed by atoms with Gasteiger partial charge in [-0.2, -0.15) is 0 Å². The topological polar surface area (TPSA) is 120 Å². The lowest BCUT2D eigenvalue weighted by Gasteiger charge is -2.08. The van der Waals surface area contributed by atoms with Gasteiger partial charge in [0.05, 0.1) is 6.61 Å². The monoisotopic (exact) mass is 285 g/mol. The van der Waals surface area contributed by atoms with Crippen LogP contribution in [-0.4, -0.2) is 45.9 Å². The smallest absolute Gasteiger partial charge is 0.331 e. The number of amides is 1. The minimum atomic E-state index is -1.09. The van der Waals surface area contributed by atoms with E-state index in [1.54, 1.807) is 0 Å². The maximum Gasteiger partial charge on any atom is 0.331 e. The van der Waals surface area contributed by atoms with Gasteiger partial charge in [0.2, 0.25) is 5.91 Å². The molecule has 0 saturated heterocycles. The average molecular weight is 285 g/mol. The summed E-state index contributed by atoms with van der Waals surface area (Å²) in [5.74, 6) is -1.53. The van der Waals surface area contributed by atoms with Crippen LogP contribution in [0.2, 0.25) is 0 Å². The number of ether oxygens (including phenoxy) is 1. The number of aliphatic carboxylic acids is 1. The van der Waals surface area contributed by atoms with Gasteiger partial charge in [0.25, 0.3) is 5.56 Å². The highest BCUT2D eigenvalue weighted by molar-refractivity contribution is 5.75.